The molecule has 1 unspecified atom stereocenters. The Morgan fingerprint density at radius 1 is 1.23 bits per heavy atom. The Hall–Kier alpha value is -2.36. The molecule has 0 aliphatic heterocycles. The number of hydrogen-bond donors (Lipinski definition) is 2. The summed E-state index contributed by atoms with van der Waals surface area (Å²) in [6.45, 7) is 9.43. The monoisotopic (exact) mass is 496 g/mol. The molecule has 1 atom stereocenters. The highest BCUT2D eigenvalue weighted by atomic mass is 79.9. The number of aryl methyl sites for hydroxylation is 1. The van der Waals surface area contributed by atoms with Gasteiger partial charge < -0.3 is 14.8 Å². The van der Waals surface area contributed by atoms with Gasteiger partial charge in [-0.1, -0.05) is 12.1 Å². The van der Waals surface area contributed by atoms with Crippen molar-refractivity contribution in [2.45, 2.75) is 31.8 Å². The van der Waals surface area contributed by atoms with Crippen LogP contribution in [0.5, 0.6) is 5.75 Å². The number of sulfonamides is 1. The standard InChI is InChI=1S/C21H25BrN2O5S/c1-5-11-29-15(4)21(25)23-16-8-7-14(3)20(13-16)30(26,27)24-17-9-10-19(28-6-2)18(22)12-17/h5,7-10,12-13,15,24H,1,6,11H2,2-4H3,(H,23,25). The summed E-state index contributed by atoms with van der Waals surface area (Å²) in [7, 11) is -3.89. The first kappa shape index (κ1) is 23.9. The number of nitrogens with one attached hydrogen (secondary N) is 2. The fourth-order valence-corrected chi connectivity index (χ4v) is 4.36. The molecule has 0 radical (unpaired) electrons. The Morgan fingerprint density at radius 3 is 2.57 bits per heavy atom. The van der Waals surface area contributed by atoms with Crippen molar-refractivity contribution in [3.63, 3.8) is 0 Å². The molecule has 0 saturated heterocycles. The number of anilines is 2. The van der Waals surface area contributed by atoms with Gasteiger partial charge in [-0.15, -0.1) is 6.58 Å². The van der Waals surface area contributed by atoms with Gasteiger partial charge in [0.2, 0.25) is 0 Å². The second kappa shape index (κ2) is 10.6. The Labute approximate surface area is 185 Å². The zero-order chi connectivity index (χ0) is 22.3. The number of amides is 1. The van der Waals surface area contributed by atoms with Crippen molar-refractivity contribution in [3.8, 4) is 5.75 Å². The van der Waals surface area contributed by atoms with E-state index in [1.54, 1.807) is 50.3 Å². The average molecular weight is 497 g/mol. The molecule has 2 aromatic rings. The first-order valence-electron chi connectivity index (χ1n) is 9.27. The lowest BCUT2D eigenvalue weighted by atomic mass is 10.2. The van der Waals surface area contributed by atoms with Gasteiger partial charge in [0.15, 0.2) is 0 Å². The van der Waals surface area contributed by atoms with E-state index in [0.717, 1.165) is 0 Å². The van der Waals surface area contributed by atoms with Gasteiger partial charge in [0.05, 0.1) is 28.3 Å². The zero-order valence-corrected chi connectivity index (χ0v) is 19.5. The van der Waals surface area contributed by atoms with E-state index in [1.165, 1.54) is 6.07 Å². The predicted molar refractivity (Wildman–Crippen MR) is 122 cm³/mol. The van der Waals surface area contributed by atoms with Crippen LogP contribution in [0.3, 0.4) is 0 Å². The van der Waals surface area contributed by atoms with E-state index in [1.807, 2.05) is 6.92 Å². The van der Waals surface area contributed by atoms with Gasteiger partial charge in [-0.25, -0.2) is 8.42 Å². The smallest absolute Gasteiger partial charge is 0.262 e. The van der Waals surface area contributed by atoms with Crippen LogP contribution in [0, 0.1) is 6.92 Å². The van der Waals surface area contributed by atoms with Crippen LogP contribution < -0.4 is 14.8 Å². The quantitative estimate of drug-likeness (QED) is 0.472. The molecular weight excluding hydrogens is 472 g/mol. The third kappa shape index (κ3) is 6.32. The maximum absolute atomic E-state index is 13.0. The van der Waals surface area contributed by atoms with Crippen molar-refractivity contribution < 1.29 is 22.7 Å². The Kier molecular flexibility index (Phi) is 8.45. The molecule has 0 fully saturated rings. The average Bonchev–Trinajstić information content (AvgIpc) is 2.69. The van der Waals surface area contributed by atoms with Crippen LogP contribution in [0.2, 0.25) is 0 Å². The van der Waals surface area contributed by atoms with Gasteiger partial charge in [0.1, 0.15) is 11.9 Å². The van der Waals surface area contributed by atoms with Gasteiger partial charge in [-0.3, -0.25) is 9.52 Å². The van der Waals surface area contributed by atoms with Crippen LogP contribution in [-0.2, 0) is 19.6 Å². The van der Waals surface area contributed by atoms with Crippen LogP contribution in [0.4, 0.5) is 11.4 Å². The van der Waals surface area contributed by atoms with Gasteiger partial charge in [0, 0.05) is 5.69 Å². The second-order valence-electron chi connectivity index (χ2n) is 6.42. The lowest BCUT2D eigenvalue weighted by molar-refractivity contribution is -0.125. The minimum Gasteiger partial charge on any atom is -0.493 e. The largest absolute Gasteiger partial charge is 0.493 e. The normalized spacial score (nSPS) is 12.1. The van der Waals surface area contributed by atoms with Crippen LogP contribution in [-0.4, -0.2) is 33.6 Å². The number of carbonyl (C=O) groups is 1. The van der Waals surface area contributed by atoms with Crippen molar-refractivity contribution in [1.82, 2.24) is 0 Å². The molecule has 2 aromatic carbocycles. The Bertz CT molecular complexity index is 1020. The summed E-state index contributed by atoms with van der Waals surface area (Å²) in [6.07, 6.45) is 0.842. The molecule has 0 aromatic heterocycles. The van der Waals surface area contributed by atoms with E-state index < -0.39 is 16.1 Å². The molecule has 0 saturated carbocycles. The molecular formula is C21H25BrN2O5S. The highest BCUT2D eigenvalue weighted by molar-refractivity contribution is 9.10. The molecule has 162 valence electrons. The van der Waals surface area contributed by atoms with E-state index >= 15 is 0 Å². The summed E-state index contributed by atoms with van der Waals surface area (Å²) in [4.78, 5) is 12.3. The van der Waals surface area contributed by atoms with E-state index in [2.05, 4.69) is 32.5 Å². The Balaban J connectivity index is 2.23. The van der Waals surface area contributed by atoms with Crippen molar-refractivity contribution in [3.05, 3.63) is 59.1 Å². The topological polar surface area (TPSA) is 93.7 Å². The third-order valence-corrected chi connectivity index (χ3v) is 6.21. The van der Waals surface area contributed by atoms with Gasteiger partial charge >= 0.3 is 0 Å². The molecule has 0 bridgehead atoms. The van der Waals surface area contributed by atoms with Crippen molar-refractivity contribution in [2.24, 2.45) is 0 Å². The van der Waals surface area contributed by atoms with Crippen LogP contribution in [0.25, 0.3) is 0 Å². The summed E-state index contributed by atoms with van der Waals surface area (Å²) < 4.78 is 39.8. The number of benzene rings is 2. The van der Waals surface area contributed by atoms with Gasteiger partial charge in [-0.2, -0.15) is 0 Å². The minimum atomic E-state index is -3.89. The lowest BCUT2D eigenvalue weighted by Crippen LogP contribution is -2.28. The van der Waals surface area contributed by atoms with Crippen molar-refractivity contribution in [2.75, 3.05) is 23.3 Å². The van der Waals surface area contributed by atoms with Gasteiger partial charge in [0.25, 0.3) is 15.9 Å². The first-order chi connectivity index (χ1) is 14.2. The molecule has 30 heavy (non-hydrogen) atoms. The maximum atomic E-state index is 13.0. The second-order valence-corrected chi connectivity index (χ2v) is 8.92. The molecule has 2 N–H and O–H groups in total. The van der Waals surface area contributed by atoms with E-state index in [4.69, 9.17) is 9.47 Å². The first-order valence-corrected chi connectivity index (χ1v) is 11.5. The molecule has 7 nitrogen and oxygen atoms in total. The highest BCUT2D eigenvalue weighted by Gasteiger charge is 2.20. The molecule has 2 rings (SSSR count). The fraction of sp³-hybridized carbons (Fsp3) is 0.286. The summed E-state index contributed by atoms with van der Waals surface area (Å²) >= 11 is 3.37. The summed E-state index contributed by atoms with van der Waals surface area (Å²) in [5, 5.41) is 2.67. The number of hydrogen-bond acceptors (Lipinski definition) is 5. The number of carbonyl (C=O) groups excluding carboxylic acids is 1. The number of ether oxygens (including phenoxy) is 2. The molecule has 0 heterocycles. The van der Waals surface area contributed by atoms with Crippen LogP contribution in [0.15, 0.2) is 58.4 Å². The SMILES string of the molecule is C=CCOC(C)C(=O)Nc1ccc(C)c(S(=O)(=O)Nc2ccc(OCC)c(Br)c2)c1. The predicted octanol–water partition coefficient (Wildman–Crippen LogP) is 4.49. The van der Waals surface area contributed by atoms with E-state index in [-0.39, 0.29) is 17.4 Å². The van der Waals surface area contributed by atoms with E-state index in [9.17, 15) is 13.2 Å². The lowest BCUT2D eigenvalue weighted by Gasteiger charge is -2.15. The van der Waals surface area contributed by atoms with Crippen molar-refractivity contribution in [1.29, 1.82) is 0 Å². The molecule has 9 heteroatoms. The third-order valence-electron chi connectivity index (χ3n) is 4.06. The highest BCUT2D eigenvalue weighted by Crippen LogP contribution is 2.30. The summed E-state index contributed by atoms with van der Waals surface area (Å²) in [5.41, 5.74) is 1.28. The number of rotatable bonds is 10. The van der Waals surface area contributed by atoms with Crippen LogP contribution >= 0.6 is 15.9 Å². The molecule has 0 aliphatic carbocycles. The van der Waals surface area contributed by atoms with Crippen LogP contribution in [0.1, 0.15) is 19.4 Å². The fourth-order valence-electron chi connectivity index (χ4n) is 2.55. The number of halogens is 1. The molecule has 0 aliphatic rings. The molecule has 1 amide bonds. The van der Waals surface area contributed by atoms with Crippen molar-refractivity contribution >= 4 is 43.2 Å². The summed E-state index contributed by atoms with van der Waals surface area (Å²) in [6, 6.07) is 9.61. The van der Waals surface area contributed by atoms with E-state index in [0.29, 0.717) is 33.8 Å². The van der Waals surface area contributed by atoms with Gasteiger partial charge in [-0.05, 0) is 72.6 Å². The molecule has 0 spiro atoms. The Morgan fingerprint density at radius 2 is 1.93 bits per heavy atom. The summed E-state index contributed by atoms with van der Waals surface area (Å²) in [5.74, 6) is 0.238. The zero-order valence-electron chi connectivity index (χ0n) is 17.1. The maximum Gasteiger partial charge on any atom is 0.262 e. The minimum absolute atomic E-state index is 0.0602.